The summed E-state index contributed by atoms with van der Waals surface area (Å²) in [5.74, 6) is 0.477. The second-order valence-electron chi connectivity index (χ2n) is 12.1. The summed E-state index contributed by atoms with van der Waals surface area (Å²) in [5.41, 5.74) is 0.445. The van der Waals surface area contributed by atoms with Crippen molar-refractivity contribution in [2.45, 2.75) is 89.8 Å². The van der Waals surface area contributed by atoms with Gasteiger partial charge in [0, 0.05) is 24.4 Å². The molecule has 10 heteroatoms. The zero-order chi connectivity index (χ0) is 28.5. The molecule has 0 saturated heterocycles. The largest absolute Gasteiger partial charge is 0.485 e. The van der Waals surface area contributed by atoms with Crippen molar-refractivity contribution in [2.24, 2.45) is 0 Å². The summed E-state index contributed by atoms with van der Waals surface area (Å²) >= 11 is 0. The van der Waals surface area contributed by atoms with Gasteiger partial charge in [-0.3, -0.25) is 8.98 Å². The second kappa shape index (κ2) is 11.0. The first-order valence-electron chi connectivity index (χ1n) is 12.9. The van der Waals surface area contributed by atoms with Crippen LogP contribution >= 0.6 is 0 Å². The average Bonchev–Trinajstić information content (AvgIpc) is 2.78. The number of pyridine rings is 1. The third kappa shape index (κ3) is 6.94. The van der Waals surface area contributed by atoms with Gasteiger partial charge in [0.15, 0.2) is 8.32 Å². The molecule has 1 aliphatic rings. The minimum absolute atomic E-state index is 0.168. The SMILES string of the molecule is CC1(C)Oc2ccc(C#N)cc2[C@@H](n2ccc(CCCCO[Si](C)(C)C(C)(C)C)cc2=O)[C@@H]1OS(C)(=O)=O. The van der Waals surface area contributed by atoms with E-state index in [1.165, 1.54) is 4.57 Å². The molecule has 208 valence electrons. The van der Waals surface area contributed by atoms with Crippen LogP contribution in [0.3, 0.4) is 0 Å². The van der Waals surface area contributed by atoms with Gasteiger partial charge < -0.3 is 13.7 Å². The number of aryl methyl sites for hydroxylation is 1. The van der Waals surface area contributed by atoms with Crippen LogP contribution in [0.25, 0.3) is 0 Å². The number of nitrogens with zero attached hydrogens (tertiary/aromatic N) is 2. The lowest BCUT2D eigenvalue weighted by Gasteiger charge is -2.44. The van der Waals surface area contributed by atoms with E-state index in [9.17, 15) is 18.5 Å². The number of nitriles is 1. The third-order valence-electron chi connectivity index (χ3n) is 7.52. The number of aromatic nitrogens is 1. The van der Waals surface area contributed by atoms with Gasteiger partial charge >= 0.3 is 0 Å². The van der Waals surface area contributed by atoms with Gasteiger partial charge in [0.1, 0.15) is 17.5 Å². The summed E-state index contributed by atoms with van der Waals surface area (Å²) in [5, 5.41) is 9.62. The Morgan fingerprint density at radius 1 is 1.16 bits per heavy atom. The number of hydrogen-bond donors (Lipinski definition) is 0. The molecule has 1 aromatic heterocycles. The predicted octanol–water partition coefficient (Wildman–Crippen LogP) is 5.17. The van der Waals surface area contributed by atoms with Crippen molar-refractivity contribution in [3.05, 3.63) is 63.6 Å². The van der Waals surface area contributed by atoms with Crippen LogP contribution in [0.1, 0.15) is 70.2 Å². The summed E-state index contributed by atoms with van der Waals surface area (Å²) < 4.78 is 43.7. The number of hydrogen-bond acceptors (Lipinski definition) is 7. The lowest BCUT2D eigenvalue weighted by Crippen LogP contribution is -2.54. The van der Waals surface area contributed by atoms with Gasteiger partial charge in [-0.2, -0.15) is 13.7 Å². The van der Waals surface area contributed by atoms with Crippen LogP contribution in [0.2, 0.25) is 18.1 Å². The second-order valence-corrected chi connectivity index (χ2v) is 18.5. The lowest BCUT2D eigenvalue weighted by molar-refractivity contribution is -0.0463. The molecule has 0 unspecified atom stereocenters. The molecule has 1 aliphatic heterocycles. The highest BCUT2D eigenvalue weighted by Crippen LogP contribution is 2.44. The quantitative estimate of drug-likeness (QED) is 0.237. The molecule has 2 aromatic rings. The maximum Gasteiger partial charge on any atom is 0.264 e. The van der Waals surface area contributed by atoms with Gasteiger partial charge in [0.05, 0.1) is 23.9 Å². The van der Waals surface area contributed by atoms with Crippen molar-refractivity contribution in [1.29, 1.82) is 5.26 Å². The molecule has 0 bridgehead atoms. The van der Waals surface area contributed by atoms with E-state index in [2.05, 4.69) is 39.9 Å². The third-order valence-corrected chi connectivity index (χ3v) is 12.6. The van der Waals surface area contributed by atoms with Crippen LogP contribution in [0.4, 0.5) is 0 Å². The standard InChI is InChI=1S/C28H40N2O6SSi/c1-27(2,3)38(7,8)34-16-10-9-11-20-14-15-30(24(31)18-20)25-22-17-21(19-29)12-13-23(22)35-28(4,5)26(25)36-37(6,32)33/h12-15,17-18,25-26H,9-11,16H2,1-8H3/t25-,26+/m1/s1. The molecule has 0 radical (unpaired) electrons. The summed E-state index contributed by atoms with van der Waals surface area (Å²) in [7, 11) is -5.66. The van der Waals surface area contributed by atoms with Crippen molar-refractivity contribution in [1.82, 2.24) is 4.57 Å². The van der Waals surface area contributed by atoms with Crippen LogP contribution in [0.15, 0.2) is 41.3 Å². The van der Waals surface area contributed by atoms with Crippen LogP contribution in [-0.2, 0) is 25.1 Å². The van der Waals surface area contributed by atoms with Crippen molar-refractivity contribution in [3.8, 4) is 11.8 Å². The Labute approximate surface area is 227 Å². The minimum atomic E-state index is -3.88. The van der Waals surface area contributed by atoms with Crippen molar-refractivity contribution < 1.29 is 21.8 Å². The molecule has 1 aromatic carbocycles. The van der Waals surface area contributed by atoms with E-state index in [0.29, 0.717) is 23.5 Å². The number of unbranched alkanes of at least 4 members (excludes halogenated alkanes) is 1. The van der Waals surface area contributed by atoms with Gasteiger partial charge in [-0.25, -0.2) is 0 Å². The van der Waals surface area contributed by atoms with Crippen LogP contribution < -0.4 is 10.3 Å². The fourth-order valence-electron chi connectivity index (χ4n) is 4.37. The first-order chi connectivity index (χ1) is 17.4. The highest BCUT2D eigenvalue weighted by molar-refractivity contribution is 7.86. The molecular weight excluding hydrogens is 520 g/mol. The van der Waals surface area contributed by atoms with E-state index < -0.39 is 36.2 Å². The van der Waals surface area contributed by atoms with Crippen LogP contribution in [0, 0.1) is 11.3 Å². The molecule has 0 N–H and O–H groups in total. The highest BCUT2D eigenvalue weighted by atomic mass is 32.2. The fourth-order valence-corrected chi connectivity index (χ4v) is 6.17. The van der Waals surface area contributed by atoms with E-state index in [4.69, 9.17) is 13.3 Å². The topological polar surface area (TPSA) is 108 Å². The maximum atomic E-state index is 13.4. The summed E-state index contributed by atoms with van der Waals surface area (Å²) in [6.45, 7) is 15.3. The first-order valence-corrected chi connectivity index (χ1v) is 17.6. The Hall–Kier alpha value is -2.45. The minimum Gasteiger partial charge on any atom is -0.485 e. The molecule has 2 heterocycles. The van der Waals surface area contributed by atoms with Crippen molar-refractivity contribution in [2.75, 3.05) is 12.9 Å². The van der Waals surface area contributed by atoms with E-state index >= 15 is 0 Å². The number of benzene rings is 1. The lowest BCUT2D eigenvalue weighted by atomic mass is 9.85. The Balaban J connectivity index is 1.87. The van der Waals surface area contributed by atoms with E-state index in [1.807, 2.05) is 6.07 Å². The van der Waals surface area contributed by atoms with Gasteiger partial charge in [0.25, 0.3) is 15.7 Å². The molecule has 0 amide bonds. The normalized spacial score (nSPS) is 19.3. The van der Waals surface area contributed by atoms with E-state index in [0.717, 1.165) is 31.1 Å². The number of rotatable bonds is 9. The molecule has 8 nitrogen and oxygen atoms in total. The van der Waals surface area contributed by atoms with Gasteiger partial charge in [-0.1, -0.05) is 20.8 Å². The van der Waals surface area contributed by atoms with Crippen LogP contribution in [-0.4, -0.2) is 45.9 Å². The van der Waals surface area contributed by atoms with Gasteiger partial charge in [-0.05, 0) is 81.1 Å². The average molecular weight is 561 g/mol. The molecular formula is C28H40N2O6SSi. The van der Waals surface area contributed by atoms with Crippen molar-refractivity contribution in [3.63, 3.8) is 0 Å². The summed E-state index contributed by atoms with van der Waals surface area (Å²) in [6, 6.07) is 9.68. The number of ether oxygens (including phenoxy) is 1. The van der Waals surface area contributed by atoms with E-state index in [-0.39, 0.29) is 10.6 Å². The summed E-state index contributed by atoms with van der Waals surface area (Å²) in [4.78, 5) is 13.4. The maximum absolute atomic E-state index is 13.4. The highest BCUT2D eigenvalue weighted by Gasteiger charge is 2.48. The van der Waals surface area contributed by atoms with Gasteiger partial charge in [-0.15, -0.1) is 0 Å². The zero-order valence-electron chi connectivity index (χ0n) is 23.7. The van der Waals surface area contributed by atoms with Gasteiger partial charge in [0.2, 0.25) is 0 Å². The Kier molecular flexibility index (Phi) is 8.68. The zero-order valence-corrected chi connectivity index (χ0v) is 25.5. The summed E-state index contributed by atoms with van der Waals surface area (Å²) in [6.07, 6.45) is 4.14. The smallest absolute Gasteiger partial charge is 0.264 e. The Morgan fingerprint density at radius 2 is 1.84 bits per heavy atom. The monoisotopic (exact) mass is 560 g/mol. The van der Waals surface area contributed by atoms with E-state index in [1.54, 1.807) is 44.3 Å². The molecule has 0 saturated carbocycles. The Bertz CT molecular complexity index is 1370. The molecule has 2 atom stereocenters. The Morgan fingerprint density at radius 3 is 2.42 bits per heavy atom. The van der Waals surface area contributed by atoms with Crippen molar-refractivity contribution >= 4 is 18.4 Å². The number of fused-ring (bicyclic) bond motifs is 1. The molecule has 38 heavy (non-hydrogen) atoms. The molecule has 3 rings (SSSR count). The predicted molar refractivity (Wildman–Crippen MR) is 151 cm³/mol. The molecule has 0 aliphatic carbocycles. The van der Waals surface area contributed by atoms with Crippen LogP contribution in [0.5, 0.6) is 5.75 Å². The fraction of sp³-hybridized carbons (Fsp3) is 0.571. The molecule has 0 spiro atoms. The first kappa shape index (κ1) is 30.1. The molecule has 0 fully saturated rings.